The second-order valence-corrected chi connectivity index (χ2v) is 5.51. The minimum Gasteiger partial charge on any atom is -0.378 e. The van der Waals surface area contributed by atoms with Crippen LogP contribution in [0, 0.1) is 0 Å². The van der Waals surface area contributed by atoms with Crippen molar-refractivity contribution in [3.05, 3.63) is 0 Å². The quantitative estimate of drug-likeness (QED) is 0.892. The van der Waals surface area contributed by atoms with Gasteiger partial charge in [-0.2, -0.15) is 15.0 Å². The highest BCUT2D eigenvalue weighted by Gasteiger charge is 2.27. The minimum absolute atomic E-state index is 0.551. The number of anilines is 3. The fourth-order valence-electron chi connectivity index (χ4n) is 3.02. The summed E-state index contributed by atoms with van der Waals surface area (Å²) in [6, 6.07) is 0.551. The molecular formula is C14H24N6O. The lowest BCUT2D eigenvalue weighted by molar-refractivity contribution is 0.122. The van der Waals surface area contributed by atoms with Crippen molar-refractivity contribution < 1.29 is 4.74 Å². The molecule has 1 N–H and O–H groups in total. The van der Waals surface area contributed by atoms with Gasteiger partial charge >= 0.3 is 0 Å². The molecule has 2 fully saturated rings. The fourth-order valence-corrected chi connectivity index (χ4v) is 3.02. The molecule has 7 heteroatoms. The Bertz CT molecular complexity index is 477. The second kappa shape index (κ2) is 6.43. The summed E-state index contributed by atoms with van der Waals surface area (Å²) < 4.78 is 5.40. The van der Waals surface area contributed by atoms with Gasteiger partial charge in [-0.05, 0) is 19.3 Å². The van der Waals surface area contributed by atoms with E-state index < -0.39 is 0 Å². The van der Waals surface area contributed by atoms with E-state index >= 15 is 0 Å². The van der Waals surface area contributed by atoms with Gasteiger partial charge in [0, 0.05) is 32.7 Å². The van der Waals surface area contributed by atoms with Gasteiger partial charge in [-0.1, -0.05) is 6.92 Å². The van der Waals surface area contributed by atoms with E-state index in [1.807, 2.05) is 7.05 Å². The Morgan fingerprint density at radius 3 is 2.62 bits per heavy atom. The molecule has 1 aromatic heterocycles. The SMILES string of the molecule is CCC1CCCN1c1nc(NC)nc(N2CCOCC2)n1. The number of hydrogen-bond acceptors (Lipinski definition) is 7. The molecule has 0 bridgehead atoms. The Balaban J connectivity index is 1.89. The number of rotatable bonds is 4. The largest absolute Gasteiger partial charge is 0.378 e. The van der Waals surface area contributed by atoms with Gasteiger partial charge in [-0.25, -0.2) is 0 Å². The van der Waals surface area contributed by atoms with Gasteiger partial charge in [0.25, 0.3) is 0 Å². The van der Waals surface area contributed by atoms with Gasteiger partial charge in [0.05, 0.1) is 13.2 Å². The van der Waals surface area contributed by atoms with Crippen molar-refractivity contribution in [3.8, 4) is 0 Å². The van der Waals surface area contributed by atoms with Crippen LogP contribution in [-0.4, -0.2) is 60.9 Å². The van der Waals surface area contributed by atoms with E-state index in [1.54, 1.807) is 0 Å². The Hall–Kier alpha value is -1.63. The molecule has 1 atom stereocenters. The Morgan fingerprint density at radius 2 is 1.90 bits per heavy atom. The summed E-state index contributed by atoms with van der Waals surface area (Å²) in [5, 5.41) is 3.06. The number of aromatic nitrogens is 3. The van der Waals surface area contributed by atoms with Crippen LogP contribution in [0.15, 0.2) is 0 Å². The fraction of sp³-hybridized carbons (Fsp3) is 0.786. The first kappa shape index (κ1) is 14.3. The predicted octanol–water partition coefficient (Wildman–Crippen LogP) is 1.13. The number of morpholine rings is 1. The third kappa shape index (κ3) is 3.02. The lowest BCUT2D eigenvalue weighted by Crippen LogP contribution is -2.38. The predicted molar refractivity (Wildman–Crippen MR) is 83.1 cm³/mol. The highest BCUT2D eigenvalue weighted by Crippen LogP contribution is 2.26. The molecule has 0 radical (unpaired) electrons. The molecule has 2 aliphatic rings. The van der Waals surface area contributed by atoms with Crippen molar-refractivity contribution in [2.75, 3.05) is 55.0 Å². The van der Waals surface area contributed by atoms with Crippen molar-refractivity contribution in [1.82, 2.24) is 15.0 Å². The van der Waals surface area contributed by atoms with Crippen molar-refractivity contribution in [1.29, 1.82) is 0 Å². The first-order valence-corrected chi connectivity index (χ1v) is 7.85. The molecule has 0 saturated carbocycles. The van der Waals surface area contributed by atoms with E-state index in [4.69, 9.17) is 9.72 Å². The number of ether oxygens (including phenoxy) is 1. The van der Waals surface area contributed by atoms with Crippen LogP contribution in [0.3, 0.4) is 0 Å². The molecule has 116 valence electrons. The van der Waals surface area contributed by atoms with Crippen LogP contribution in [0.1, 0.15) is 26.2 Å². The summed E-state index contributed by atoms with van der Waals surface area (Å²) in [5.41, 5.74) is 0. The lowest BCUT2D eigenvalue weighted by Gasteiger charge is -2.29. The molecule has 0 aliphatic carbocycles. The molecule has 7 nitrogen and oxygen atoms in total. The molecule has 2 aliphatic heterocycles. The van der Waals surface area contributed by atoms with Gasteiger partial charge in [0.2, 0.25) is 17.8 Å². The number of nitrogens with one attached hydrogen (secondary N) is 1. The minimum atomic E-state index is 0.551. The summed E-state index contributed by atoms with van der Waals surface area (Å²) in [5.74, 6) is 2.21. The van der Waals surface area contributed by atoms with Crippen LogP contribution in [0.2, 0.25) is 0 Å². The van der Waals surface area contributed by atoms with E-state index in [0.29, 0.717) is 12.0 Å². The Kier molecular flexibility index (Phi) is 4.38. The molecule has 0 spiro atoms. The van der Waals surface area contributed by atoms with E-state index in [0.717, 1.165) is 51.2 Å². The Morgan fingerprint density at radius 1 is 1.14 bits per heavy atom. The zero-order valence-corrected chi connectivity index (χ0v) is 12.9. The second-order valence-electron chi connectivity index (χ2n) is 5.51. The maximum absolute atomic E-state index is 5.40. The summed E-state index contributed by atoms with van der Waals surface area (Å²) in [6.45, 7) is 6.41. The monoisotopic (exact) mass is 292 g/mol. The molecule has 1 aromatic rings. The van der Waals surface area contributed by atoms with E-state index in [2.05, 4.69) is 32.0 Å². The van der Waals surface area contributed by atoms with Crippen molar-refractivity contribution in [2.24, 2.45) is 0 Å². The average Bonchev–Trinajstić information content (AvgIpc) is 3.04. The van der Waals surface area contributed by atoms with Gasteiger partial charge in [-0.3, -0.25) is 0 Å². The van der Waals surface area contributed by atoms with E-state index in [1.165, 1.54) is 12.8 Å². The summed E-state index contributed by atoms with van der Waals surface area (Å²) in [7, 11) is 1.85. The number of hydrogen-bond donors (Lipinski definition) is 1. The zero-order chi connectivity index (χ0) is 14.7. The van der Waals surface area contributed by atoms with Gasteiger partial charge < -0.3 is 19.9 Å². The molecule has 0 aromatic carbocycles. The van der Waals surface area contributed by atoms with E-state index in [-0.39, 0.29) is 0 Å². The topological polar surface area (TPSA) is 66.4 Å². The smallest absolute Gasteiger partial charge is 0.232 e. The first-order valence-electron chi connectivity index (χ1n) is 7.85. The van der Waals surface area contributed by atoms with Crippen LogP contribution in [-0.2, 0) is 4.74 Å². The third-order valence-corrected chi connectivity index (χ3v) is 4.23. The maximum Gasteiger partial charge on any atom is 0.232 e. The zero-order valence-electron chi connectivity index (χ0n) is 12.9. The summed E-state index contributed by atoms with van der Waals surface area (Å²) in [6.07, 6.45) is 3.57. The van der Waals surface area contributed by atoms with Crippen LogP contribution in [0.25, 0.3) is 0 Å². The molecule has 3 heterocycles. The maximum atomic E-state index is 5.40. The average molecular weight is 292 g/mol. The van der Waals surface area contributed by atoms with Gasteiger partial charge in [0.15, 0.2) is 0 Å². The van der Waals surface area contributed by atoms with Crippen molar-refractivity contribution >= 4 is 17.8 Å². The summed E-state index contributed by atoms with van der Waals surface area (Å²) in [4.78, 5) is 18.3. The highest BCUT2D eigenvalue weighted by molar-refractivity contribution is 5.46. The normalized spacial score (nSPS) is 22.7. The molecule has 21 heavy (non-hydrogen) atoms. The highest BCUT2D eigenvalue weighted by atomic mass is 16.5. The molecule has 2 saturated heterocycles. The Labute approximate surface area is 125 Å². The van der Waals surface area contributed by atoms with Crippen molar-refractivity contribution in [3.63, 3.8) is 0 Å². The van der Waals surface area contributed by atoms with Crippen LogP contribution in [0.5, 0.6) is 0 Å². The third-order valence-electron chi connectivity index (χ3n) is 4.23. The molecule has 1 unspecified atom stereocenters. The van der Waals surface area contributed by atoms with Crippen LogP contribution in [0.4, 0.5) is 17.8 Å². The summed E-state index contributed by atoms with van der Waals surface area (Å²) >= 11 is 0. The van der Waals surface area contributed by atoms with Crippen LogP contribution < -0.4 is 15.1 Å². The standard InChI is InChI=1S/C14H24N6O/c1-3-11-5-4-6-20(11)14-17-12(15-2)16-13(18-14)19-7-9-21-10-8-19/h11H,3-10H2,1-2H3,(H,15,16,17,18). The van der Waals surface area contributed by atoms with Crippen LogP contribution >= 0.6 is 0 Å². The number of nitrogens with zero attached hydrogens (tertiary/aromatic N) is 5. The van der Waals surface area contributed by atoms with Crippen molar-refractivity contribution in [2.45, 2.75) is 32.2 Å². The molecule has 0 amide bonds. The van der Waals surface area contributed by atoms with E-state index in [9.17, 15) is 0 Å². The lowest BCUT2D eigenvalue weighted by atomic mass is 10.2. The molecule has 3 rings (SSSR count). The molecular weight excluding hydrogens is 268 g/mol. The van der Waals surface area contributed by atoms with Gasteiger partial charge in [0.1, 0.15) is 0 Å². The van der Waals surface area contributed by atoms with Gasteiger partial charge in [-0.15, -0.1) is 0 Å². The first-order chi connectivity index (χ1) is 10.3.